The summed E-state index contributed by atoms with van der Waals surface area (Å²) >= 11 is 15.4. The van der Waals surface area contributed by atoms with Crippen molar-refractivity contribution < 1.29 is 4.39 Å². The van der Waals surface area contributed by atoms with Crippen molar-refractivity contribution in [3.8, 4) is 0 Å². The highest BCUT2D eigenvalue weighted by Gasteiger charge is 2.29. The number of benzene rings is 1. The average molecular weight is 352 g/mol. The van der Waals surface area contributed by atoms with Crippen LogP contribution < -0.4 is 0 Å². The zero-order chi connectivity index (χ0) is 13.5. The maximum Gasteiger partial charge on any atom is 0.150 e. The van der Waals surface area contributed by atoms with Gasteiger partial charge in [-0.25, -0.2) is 4.39 Å². The van der Waals surface area contributed by atoms with Crippen LogP contribution >= 0.6 is 39.1 Å². The normalized spacial score (nSPS) is 22.8. The molecule has 0 bridgehead atoms. The van der Waals surface area contributed by atoms with Crippen molar-refractivity contribution in [1.29, 1.82) is 0 Å². The second-order valence-electron chi connectivity index (χ2n) is 5.48. The SMILES string of the molecule is CC1(C)CC(c2ccc(Br)c(Cl)c2F)=CC(Cl)C1. The van der Waals surface area contributed by atoms with E-state index in [0.717, 1.165) is 18.4 Å². The van der Waals surface area contributed by atoms with E-state index in [1.54, 1.807) is 12.1 Å². The van der Waals surface area contributed by atoms with Crippen LogP contribution in [0.15, 0.2) is 22.7 Å². The van der Waals surface area contributed by atoms with E-state index in [1.807, 2.05) is 6.08 Å². The van der Waals surface area contributed by atoms with E-state index in [0.29, 0.717) is 10.0 Å². The van der Waals surface area contributed by atoms with E-state index in [-0.39, 0.29) is 21.6 Å². The molecule has 18 heavy (non-hydrogen) atoms. The Balaban J connectivity index is 2.47. The molecule has 0 nitrogen and oxygen atoms in total. The Morgan fingerprint density at radius 2 is 2.06 bits per heavy atom. The molecule has 0 aromatic heterocycles. The molecule has 1 unspecified atom stereocenters. The maximum atomic E-state index is 14.2. The number of hydrogen-bond acceptors (Lipinski definition) is 0. The van der Waals surface area contributed by atoms with Gasteiger partial charge in [-0.3, -0.25) is 0 Å². The number of rotatable bonds is 1. The summed E-state index contributed by atoms with van der Waals surface area (Å²) in [5, 5.41) is 0.0773. The summed E-state index contributed by atoms with van der Waals surface area (Å²) in [6.07, 6.45) is 3.66. The lowest BCUT2D eigenvalue weighted by atomic mass is 9.75. The summed E-state index contributed by atoms with van der Waals surface area (Å²) in [7, 11) is 0. The van der Waals surface area contributed by atoms with Crippen molar-refractivity contribution in [2.75, 3.05) is 0 Å². The fraction of sp³-hybridized carbons (Fsp3) is 0.429. The largest absolute Gasteiger partial charge is 0.205 e. The zero-order valence-corrected chi connectivity index (χ0v) is 13.3. The zero-order valence-electron chi connectivity index (χ0n) is 10.2. The van der Waals surface area contributed by atoms with Gasteiger partial charge in [-0.2, -0.15) is 0 Å². The third-order valence-electron chi connectivity index (χ3n) is 3.18. The lowest BCUT2D eigenvalue weighted by Gasteiger charge is -2.32. The summed E-state index contributed by atoms with van der Waals surface area (Å²) in [5.74, 6) is -0.376. The summed E-state index contributed by atoms with van der Waals surface area (Å²) in [6, 6.07) is 3.52. The Morgan fingerprint density at radius 3 is 2.67 bits per heavy atom. The maximum absolute atomic E-state index is 14.2. The Hall–Kier alpha value is -0.0500. The summed E-state index contributed by atoms with van der Waals surface area (Å²) in [4.78, 5) is 0. The number of alkyl halides is 1. The monoisotopic (exact) mass is 350 g/mol. The summed E-state index contributed by atoms with van der Waals surface area (Å²) in [6.45, 7) is 4.29. The lowest BCUT2D eigenvalue weighted by molar-refractivity contribution is 0.340. The first kappa shape index (κ1) is 14.4. The van der Waals surface area contributed by atoms with Gasteiger partial charge in [-0.05, 0) is 45.8 Å². The van der Waals surface area contributed by atoms with Gasteiger partial charge in [0.1, 0.15) is 5.82 Å². The minimum atomic E-state index is -0.376. The Bertz CT molecular complexity index is 509. The molecule has 0 amide bonds. The quantitative estimate of drug-likeness (QED) is 0.426. The third kappa shape index (κ3) is 2.92. The molecule has 0 heterocycles. The predicted molar refractivity (Wildman–Crippen MR) is 79.7 cm³/mol. The van der Waals surface area contributed by atoms with E-state index in [2.05, 4.69) is 29.8 Å². The van der Waals surface area contributed by atoms with Crippen molar-refractivity contribution in [3.63, 3.8) is 0 Å². The van der Waals surface area contributed by atoms with Gasteiger partial charge in [0.2, 0.25) is 0 Å². The van der Waals surface area contributed by atoms with Gasteiger partial charge in [-0.1, -0.05) is 37.6 Å². The first-order chi connectivity index (χ1) is 8.30. The molecule has 1 aliphatic carbocycles. The van der Waals surface area contributed by atoms with Crippen LogP contribution in [0, 0.1) is 11.2 Å². The Kier molecular flexibility index (Phi) is 4.10. The van der Waals surface area contributed by atoms with Crippen molar-refractivity contribution >= 4 is 44.7 Å². The van der Waals surface area contributed by atoms with Crippen LogP contribution in [-0.4, -0.2) is 5.38 Å². The average Bonchev–Trinajstić information content (AvgIpc) is 2.23. The van der Waals surface area contributed by atoms with Crippen LogP contribution in [0.25, 0.3) is 5.57 Å². The highest BCUT2D eigenvalue weighted by molar-refractivity contribution is 9.10. The van der Waals surface area contributed by atoms with E-state index in [4.69, 9.17) is 23.2 Å². The van der Waals surface area contributed by atoms with E-state index in [1.165, 1.54) is 0 Å². The summed E-state index contributed by atoms with van der Waals surface area (Å²) < 4.78 is 14.8. The third-order valence-corrected chi connectivity index (χ3v) is 4.72. The number of halogens is 4. The first-order valence-corrected chi connectivity index (χ1v) is 7.39. The molecule has 1 aliphatic rings. The van der Waals surface area contributed by atoms with Crippen molar-refractivity contribution in [2.45, 2.75) is 32.1 Å². The molecule has 2 rings (SSSR count). The highest BCUT2D eigenvalue weighted by Crippen LogP contribution is 2.43. The number of hydrogen-bond donors (Lipinski definition) is 0. The van der Waals surface area contributed by atoms with Crippen LogP contribution in [0.2, 0.25) is 5.02 Å². The van der Waals surface area contributed by atoms with Gasteiger partial charge in [-0.15, -0.1) is 11.6 Å². The second kappa shape index (κ2) is 5.15. The van der Waals surface area contributed by atoms with Gasteiger partial charge in [0.15, 0.2) is 0 Å². The molecule has 0 saturated carbocycles. The molecular weight excluding hydrogens is 338 g/mol. The predicted octanol–water partition coefficient (Wildman–Crippen LogP) is 6.05. The van der Waals surface area contributed by atoms with Crippen molar-refractivity contribution in [2.24, 2.45) is 5.41 Å². The molecule has 0 saturated heterocycles. The molecule has 0 N–H and O–H groups in total. The highest BCUT2D eigenvalue weighted by atomic mass is 79.9. The molecule has 1 atom stereocenters. The van der Waals surface area contributed by atoms with Gasteiger partial charge >= 0.3 is 0 Å². The van der Waals surface area contributed by atoms with Crippen LogP contribution in [0.1, 0.15) is 32.3 Å². The van der Waals surface area contributed by atoms with E-state index >= 15 is 0 Å². The summed E-state index contributed by atoms with van der Waals surface area (Å²) in [5.41, 5.74) is 1.59. The van der Waals surface area contributed by atoms with Gasteiger partial charge in [0.05, 0.1) is 10.4 Å². The van der Waals surface area contributed by atoms with Gasteiger partial charge in [0.25, 0.3) is 0 Å². The van der Waals surface area contributed by atoms with Gasteiger partial charge in [0, 0.05) is 10.0 Å². The van der Waals surface area contributed by atoms with Gasteiger partial charge < -0.3 is 0 Å². The number of allylic oxidation sites excluding steroid dienone is 2. The van der Waals surface area contributed by atoms with Crippen LogP contribution in [0.5, 0.6) is 0 Å². The van der Waals surface area contributed by atoms with Crippen LogP contribution in [-0.2, 0) is 0 Å². The van der Waals surface area contributed by atoms with Crippen LogP contribution in [0.3, 0.4) is 0 Å². The first-order valence-electron chi connectivity index (χ1n) is 5.79. The fourth-order valence-electron chi connectivity index (χ4n) is 2.41. The smallest absolute Gasteiger partial charge is 0.150 e. The molecule has 0 radical (unpaired) electrons. The molecular formula is C14H14BrCl2F. The minimum Gasteiger partial charge on any atom is -0.205 e. The fourth-order valence-corrected chi connectivity index (χ4v) is 3.45. The molecule has 98 valence electrons. The molecule has 4 heteroatoms. The molecule has 0 fully saturated rings. The Morgan fingerprint density at radius 1 is 1.39 bits per heavy atom. The topological polar surface area (TPSA) is 0 Å². The molecule has 0 aliphatic heterocycles. The standard InChI is InChI=1S/C14H14BrCl2F/c1-14(2)6-8(5-9(16)7-14)10-3-4-11(15)12(17)13(10)18/h3-5,9H,6-7H2,1-2H3. The van der Waals surface area contributed by atoms with Crippen LogP contribution in [0.4, 0.5) is 4.39 Å². The van der Waals surface area contributed by atoms with Crippen molar-refractivity contribution in [3.05, 3.63) is 39.1 Å². The van der Waals surface area contributed by atoms with E-state index in [9.17, 15) is 4.39 Å². The van der Waals surface area contributed by atoms with Crippen molar-refractivity contribution in [1.82, 2.24) is 0 Å². The molecule has 1 aromatic carbocycles. The second-order valence-corrected chi connectivity index (χ2v) is 7.27. The minimum absolute atomic E-state index is 0.0504. The molecule has 0 spiro atoms. The van der Waals surface area contributed by atoms with E-state index < -0.39 is 0 Å². The Labute approximate surface area is 125 Å². The molecule has 1 aromatic rings. The lowest BCUT2D eigenvalue weighted by Crippen LogP contribution is -2.22.